The number of benzene rings is 1. The van der Waals surface area contributed by atoms with Crippen molar-refractivity contribution in [2.75, 3.05) is 10.6 Å². The second-order valence-electron chi connectivity index (χ2n) is 3.37. The Balaban J connectivity index is 2.37. The van der Waals surface area contributed by atoms with Crippen LogP contribution in [0.15, 0.2) is 18.2 Å². The molecule has 1 aromatic carbocycles. The molecule has 15 heavy (non-hydrogen) atoms. The maximum atomic E-state index is 11.2. The summed E-state index contributed by atoms with van der Waals surface area (Å²) in [6, 6.07) is 5.62. The van der Waals surface area contributed by atoms with Gasteiger partial charge < -0.3 is 16.4 Å². The fraction of sp³-hybridized carbons (Fsp3) is 0.200. The Bertz CT molecular complexity index is 431. The van der Waals surface area contributed by atoms with Crippen LogP contribution < -0.4 is 16.4 Å². The molecule has 0 aromatic heterocycles. The number of carbonyl (C=O) groups is 1. The molecule has 2 rings (SSSR count). The molecule has 1 aromatic rings. The molecule has 0 radical (unpaired) electrons. The zero-order valence-corrected chi connectivity index (χ0v) is 8.86. The second-order valence-corrected chi connectivity index (χ2v) is 3.81. The van der Waals surface area contributed by atoms with Gasteiger partial charge >= 0.3 is 0 Å². The van der Waals surface area contributed by atoms with E-state index >= 15 is 0 Å². The molecule has 4 nitrogen and oxygen atoms in total. The van der Waals surface area contributed by atoms with Gasteiger partial charge in [0.15, 0.2) is 5.11 Å². The van der Waals surface area contributed by atoms with Crippen molar-refractivity contribution in [2.24, 2.45) is 5.73 Å². The molecule has 1 aliphatic heterocycles. The van der Waals surface area contributed by atoms with Crippen LogP contribution in [0.4, 0.5) is 11.4 Å². The quantitative estimate of drug-likeness (QED) is 0.624. The lowest BCUT2D eigenvalue weighted by molar-refractivity contribution is -0.116. The van der Waals surface area contributed by atoms with Crippen LogP contribution in [0.25, 0.3) is 0 Å². The summed E-state index contributed by atoms with van der Waals surface area (Å²) in [5.74, 6) is 0.0509. The Morgan fingerprint density at radius 1 is 1.47 bits per heavy atom. The highest BCUT2D eigenvalue weighted by molar-refractivity contribution is 7.80. The van der Waals surface area contributed by atoms with Crippen molar-refractivity contribution in [3.63, 3.8) is 0 Å². The fourth-order valence-electron chi connectivity index (χ4n) is 1.67. The van der Waals surface area contributed by atoms with Crippen LogP contribution in [0.5, 0.6) is 0 Å². The smallest absolute Gasteiger partial charge is 0.224 e. The minimum Gasteiger partial charge on any atom is -0.376 e. The number of fused-ring (bicyclic) bond motifs is 1. The molecular formula is C10H11N3OS. The van der Waals surface area contributed by atoms with E-state index in [4.69, 9.17) is 18.0 Å². The fourth-order valence-corrected chi connectivity index (χ4v) is 1.78. The van der Waals surface area contributed by atoms with Crippen LogP contribution in [0.1, 0.15) is 12.0 Å². The largest absolute Gasteiger partial charge is 0.376 e. The topological polar surface area (TPSA) is 67.1 Å². The van der Waals surface area contributed by atoms with Crippen molar-refractivity contribution in [3.8, 4) is 0 Å². The molecule has 5 heteroatoms. The van der Waals surface area contributed by atoms with Crippen LogP contribution in [-0.4, -0.2) is 11.0 Å². The van der Waals surface area contributed by atoms with Crippen molar-refractivity contribution in [1.82, 2.24) is 0 Å². The van der Waals surface area contributed by atoms with Gasteiger partial charge in [-0.1, -0.05) is 6.07 Å². The van der Waals surface area contributed by atoms with E-state index in [-0.39, 0.29) is 11.0 Å². The number of anilines is 2. The Labute approximate surface area is 92.8 Å². The Kier molecular flexibility index (Phi) is 2.55. The molecule has 0 saturated carbocycles. The van der Waals surface area contributed by atoms with E-state index in [1.54, 1.807) is 0 Å². The molecule has 1 amide bonds. The highest BCUT2D eigenvalue weighted by Crippen LogP contribution is 2.29. The number of hydrogen-bond donors (Lipinski definition) is 3. The normalized spacial score (nSPS) is 14.0. The van der Waals surface area contributed by atoms with Gasteiger partial charge in [0, 0.05) is 17.8 Å². The Morgan fingerprint density at radius 2 is 2.27 bits per heavy atom. The summed E-state index contributed by atoms with van der Waals surface area (Å²) >= 11 is 4.79. The number of hydrogen-bond acceptors (Lipinski definition) is 2. The Morgan fingerprint density at radius 3 is 3.00 bits per heavy atom. The zero-order valence-electron chi connectivity index (χ0n) is 8.04. The average Bonchev–Trinajstić information content (AvgIpc) is 2.16. The van der Waals surface area contributed by atoms with Gasteiger partial charge in [-0.25, -0.2) is 0 Å². The molecular weight excluding hydrogens is 210 g/mol. The predicted octanol–water partition coefficient (Wildman–Crippen LogP) is 1.23. The van der Waals surface area contributed by atoms with Crippen LogP contribution >= 0.6 is 12.2 Å². The maximum Gasteiger partial charge on any atom is 0.224 e. The van der Waals surface area contributed by atoms with Gasteiger partial charge in [-0.15, -0.1) is 0 Å². The molecule has 4 N–H and O–H groups in total. The first-order valence-corrected chi connectivity index (χ1v) is 5.06. The number of nitrogens with one attached hydrogen (secondary N) is 2. The van der Waals surface area contributed by atoms with Gasteiger partial charge in [0.25, 0.3) is 0 Å². The maximum absolute atomic E-state index is 11.2. The number of thiocarbonyl (C=S) groups is 1. The lowest BCUT2D eigenvalue weighted by Crippen LogP contribution is -2.23. The van der Waals surface area contributed by atoms with Crippen molar-refractivity contribution >= 4 is 34.6 Å². The van der Waals surface area contributed by atoms with Crippen LogP contribution in [0.3, 0.4) is 0 Å². The van der Waals surface area contributed by atoms with Gasteiger partial charge in [-0.2, -0.15) is 0 Å². The second kappa shape index (κ2) is 3.86. The minimum absolute atomic E-state index is 0.0509. The van der Waals surface area contributed by atoms with E-state index in [0.717, 1.165) is 16.9 Å². The predicted molar refractivity (Wildman–Crippen MR) is 63.8 cm³/mol. The number of nitrogens with two attached hydrogens (primary N) is 1. The molecule has 0 spiro atoms. The molecule has 0 atom stereocenters. The Hall–Kier alpha value is -1.62. The van der Waals surface area contributed by atoms with E-state index < -0.39 is 0 Å². The molecule has 1 aliphatic rings. The number of carbonyl (C=O) groups excluding carboxylic acids is 1. The highest BCUT2D eigenvalue weighted by Gasteiger charge is 2.17. The summed E-state index contributed by atoms with van der Waals surface area (Å²) in [4.78, 5) is 11.2. The van der Waals surface area contributed by atoms with Crippen LogP contribution in [0.2, 0.25) is 0 Å². The summed E-state index contributed by atoms with van der Waals surface area (Å²) in [5, 5.41) is 5.95. The van der Waals surface area contributed by atoms with Crippen LogP contribution in [-0.2, 0) is 11.2 Å². The summed E-state index contributed by atoms with van der Waals surface area (Å²) in [7, 11) is 0. The summed E-state index contributed by atoms with van der Waals surface area (Å²) in [5.41, 5.74) is 8.19. The van der Waals surface area contributed by atoms with E-state index in [0.29, 0.717) is 12.8 Å². The summed E-state index contributed by atoms with van der Waals surface area (Å²) in [6.07, 6.45) is 1.22. The first-order valence-electron chi connectivity index (χ1n) is 4.65. The van der Waals surface area contributed by atoms with E-state index in [1.165, 1.54) is 0 Å². The number of rotatable bonds is 1. The summed E-state index contributed by atoms with van der Waals surface area (Å²) < 4.78 is 0. The molecule has 0 aliphatic carbocycles. The third kappa shape index (κ3) is 2.07. The molecule has 0 unspecified atom stereocenters. The van der Waals surface area contributed by atoms with Gasteiger partial charge in [0.05, 0.1) is 0 Å². The van der Waals surface area contributed by atoms with Crippen molar-refractivity contribution in [3.05, 3.63) is 23.8 Å². The average molecular weight is 221 g/mol. The van der Waals surface area contributed by atoms with Gasteiger partial charge in [-0.3, -0.25) is 4.79 Å². The third-order valence-electron chi connectivity index (χ3n) is 2.31. The van der Waals surface area contributed by atoms with Gasteiger partial charge in [-0.05, 0) is 36.3 Å². The highest BCUT2D eigenvalue weighted by atomic mass is 32.1. The third-order valence-corrected chi connectivity index (χ3v) is 2.41. The number of amides is 1. The lowest BCUT2D eigenvalue weighted by atomic mass is 10.0. The monoisotopic (exact) mass is 221 g/mol. The van der Waals surface area contributed by atoms with Crippen molar-refractivity contribution in [1.29, 1.82) is 0 Å². The zero-order chi connectivity index (χ0) is 10.8. The first kappa shape index (κ1) is 9.92. The van der Waals surface area contributed by atoms with Crippen molar-refractivity contribution in [2.45, 2.75) is 12.8 Å². The molecule has 1 heterocycles. The van der Waals surface area contributed by atoms with E-state index in [2.05, 4.69) is 10.6 Å². The van der Waals surface area contributed by atoms with Gasteiger partial charge in [0.2, 0.25) is 5.91 Å². The molecule has 0 bridgehead atoms. The van der Waals surface area contributed by atoms with Crippen molar-refractivity contribution < 1.29 is 4.79 Å². The standard InChI is InChI=1S/C10H11N3OS/c11-10(15)13-8-3-1-2-7-6(8)4-5-9(14)12-7/h1-3H,4-5H2,(H,12,14)(H3,11,13,15). The van der Waals surface area contributed by atoms with Gasteiger partial charge in [0.1, 0.15) is 0 Å². The van der Waals surface area contributed by atoms with E-state index in [9.17, 15) is 4.79 Å². The molecule has 78 valence electrons. The molecule has 0 saturated heterocycles. The lowest BCUT2D eigenvalue weighted by Gasteiger charge is -2.20. The minimum atomic E-state index is 0.0509. The van der Waals surface area contributed by atoms with E-state index in [1.807, 2.05) is 18.2 Å². The first-order chi connectivity index (χ1) is 7.16. The molecule has 0 fully saturated rings. The van der Waals surface area contributed by atoms with Crippen LogP contribution in [0, 0.1) is 0 Å². The SMILES string of the molecule is NC(=S)Nc1cccc2c1CCC(=O)N2. The summed E-state index contributed by atoms with van der Waals surface area (Å²) in [6.45, 7) is 0.